The molecule has 0 radical (unpaired) electrons. The van der Waals surface area contributed by atoms with E-state index >= 15 is 0 Å². The fourth-order valence-corrected chi connectivity index (χ4v) is 1.93. The van der Waals surface area contributed by atoms with Crippen LogP contribution in [-0.2, 0) is 9.53 Å². The van der Waals surface area contributed by atoms with Crippen LogP contribution in [0.2, 0.25) is 0 Å². The molecule has 1 unspecified atom stereocenters. The molecular weight excluding hydrogens is 204 g/mol. The molecule has 0 aromatic carbocycles. The molecule has 0 spiro atoms. The lowest BCUT2D eigenvalue weighted by atomic mass is 9.89. The topological polar surface area (TPSA) is 55.6 Å². The van der Waals surface area contributed by atoms with Crippen LogP contribution in [0.4, 0.5) is 0 Å². The third-order valence-electron chi connectivity index (χ3n) is 3.71. The molecule has 0 aromatic heterocycles. The Kier molecular flexibility index (Phi) is 4.33. The van der Waals surface area contributed by atoms with Crippen LogP contribution >= 0.6 is 0 Å². The molecule has 1 rings (SSSR count). The smallest absolute Gasteiger partial charge is 0.242 e. The number of carbonyl (C=O) groups is 1. The van der Waals surface area contributed by atoms with Crippen molar-refractivity contribution < 1.29 is 9.53 Å². The Morgan fingerprint density at radius 1 is 1.31 bits per heavy atom. The van der Waals surface area contributed by atoms with Gasteiger partial charge in [-0.25, -0.2) is 0 Å². The van der Waals surface area contributed by atoms with E-state index in [1.54, 1.807) is 4.90 Å². The zero-order valence-electron chi connectivity index (χ0n) is 10.8. The SMILES string of the molecule is CC(C)C(C)N(C)C(=O)C1(N)CCOCC1. The fourth-order valence-electron chi connectivity index (χ4n) is 1.93. The van der Waals surface area contributed by atoms with Gasteiger partial charge in [-0.2, -0.15) is 0 Å². The van der Waals surface area contributed by atoms with Gasteiger partial charge in [0.15, 0.2) is 0 Å². The van der Waals surface area contributed by atoms with Gasteiger partial charge >= 0.3 is 0 Å². The lowest BCUT2D eigenvalue weighted by molar-refractivity contribution is -0.141. The van der Waals surface area contributed by atoms with Crippen LogP contribution in [0.25, 0.3) is 0 Å². The maximum absolute atomic E-state index is 12.3. The Labute approximate surface area is 98.1 Å². The Morgan fingerprint density at radius 3 is 2.25 bits per heavy atom. The molecule has 1 saturated heterocycles. The Hall–Kier alpha value is -0.610. The van der Waals surface area contributed by atoms with E-state index < -0.39 is 5.54 Å². The molecule has 4 nitrogen and oxygen atoms in total. The van der Waals surface area contributed by atoms with Crippen molar-refractivity contribution in [2.24, 2.45) is 11.7 Å². The highest BCUT2D eigenvalue weighted by Gasteiger charge is 2.39. The van der Waals surface area contributed by atoms with Crippen LogP contribution in [0.1, 0.15) is 33.6 Å². The van der Waals surface area contributed by atoms with Gasteiger partial charge in [-0.15, -0.1) is 0 Å². The zero-order chi connectivity index (χ0) is 12.3. The summed E-state index contributed by atoms with van der Waals surface area (Å²) in [5, 5.41) is 0. The maximum atomic E-state index is 12.3. The van der Waals surface area contributed by atoms with E-state index in [2.05, 4.69) is 20.8 Å². The van der Waals surface area contributed by atoms with E-state index in [4.69, 9.17) is 10.5 Å². The number of rotatable bonds is 3. The van der Waals surface area contributed by atoms with Crippen LogP contribution in [0.3, 0.4) is 0 Å². The van der Waals surface area contributed by atoms with Gasteiger partial charge in [0.05, 0.1) is 5.54 Å². The minimum absolute atomic E-state index is 0.0528. The van der Waals surface area contributed by atoms with Gasteiger partial charge in [0.1, 0.15) is 0 Å². The molecule has 94 valence electrons. The second kappa shape index (κ2) is 5.15. The van der Waals surface area contributed by atoms with Crippen LogP contribution < -0.4 is 5.73 Å². The summed E-state index contributed by atoms with van der Waals surface area (Å²) in [6, 6.07) is 0.218. The molecule has 1 heterocycles. The molecule has 1 aliphatic heterocycles. The van der Waals surface area contributed by atoms with Crippen molar-refractivity contribution in [3.05, 3.63) is 0 Å². The zero-order valence-corrected chi connectivity index (χ0v) is 10.8. The number of likely N-dealkylation sites (N-methyl/N-ethyl adjacent to an activating group) is 1. The molecule has 0 bridgehead atoms. The molecule has 0 aliphatic carbocycles. The minimum atomic E-state index is -0.712. The first-order valence-electron chi connectivity index (χ1n) is 6.02. The second-order valence-corrected chi connectivity index (χ2v) is 5.17. The molecule has 1 amide bonds. The summed E-state index contributed by atoms with van der Waals surface area (Å²) in [4.78, 5) is 14.1. The van der Waals surface area contributed by atoms with Crippen molar-refractivity contribution in [1.29, 1.82) is 0 Å². The lowest BCUT2D eigenvalue weighted by Gasteiger charge is -2.38. The van der Waals surface area contributed by atoms with Gasteiger partial charge in [0, 0.05) is 26.3 Å². The van der Waals surface area contributed by atoms with E-state index in [1.807, 2.05) is 7.05 Å². The Balaban J connectivity index is 2.68. The van der Waals surface area contributed by atoms with Gasteiger partial charge in [-0.1, -0.05) is 13.8 Å². The average molecular weight is 228 g/mol. The Morgan fingerprint density at radius 2 is 1.81 bits per heavy atom. The highest BCUT2D eigenvalue weighted by atomic mass is 16.5. The van der Waals surface area contributed by atoms with Crippen LogP contribution in [-0.4, -0.2) is 42.6 Å². The molecular formula is C12H24N2O2. The standard InChI is InChI=1S/C12H24N2O2/c1-9(2)10(3)14(4)11(15)12(13)5-7-16-8-6-12/h9-10H,5-8,13H2,1-4H3. The van der Waals surface area contributed by atoms with Gasteiger partial charge in [0.2, 0.25) is 5.91 Å². The summed E-state index contributed by atoms with van der Waals surface area (Å²) in [5.74, 6) is 0.495. The van der Waals surface area contributed by atoms with E-state index in [0.29, 0.717) is 32.0 Å². The summed E-state index contributed by atoms with van der Waals surface area (Å²) in [6.07, 6.45) is 1.25. The number of carbonyl (C=O) groups excluding carboxylic acids is 1. The first-order chi connectivity index (χ1) is 7.38. The first-order valence-corrected chi connectivity index (χ1v) is 6.02. The first kappa shape index (κ1) is 13.5. The molecule has 2 N–H and O–H groups in total. The van der Waals surface area contributed by atoms with Crippen molar-refractivity contribution in [3.63, 3.8) is 0 Å². The highest BCUT2D eigenvalue weighted by molar-refractivity contribution is 5.86. The van der Waals surface area contributed by atoms with Gasteiger partial charge in [0.25, 0.3) is 0 Å². The molecule has 0 saturated carbocycles. The lowest BCUT2D eigenvalue weighted by Crippen LogP contribution is -2.59. The maximum Gasteiger partial charge on any atom is 0.242 e. The highest BCUT2D eigenvalue weighted by Crippen LogP contribution is 2.22. The second-order valence-electron chi connectivity index (χ2n) is 5.17. The number of nitrogens with zero attached hydrogens (tertiary/aromatic N) is 1. The summed E-state index contributed by atoms with van der Waals surface area (Å²) < 4.78 is 5.25. The van der Waals surface area contributed by atoms with Gasteiger partial charge < -0.3 is 15.4 Å². The largest absolute Gasteiger partial charge is 0.381 e. The summed E-state index contributed by atoms with van der Waals surface area (Å²) in [7, 11) is 1.84. The number of amides is 1. The molecule has 1 atom stereocenters. The van der Waals surface area contributed by atoms with Crippen LogP contribution in [0, 0.1) is 5.92 Å². The molecule has 1 aliphatic rings. The number of hydrogen-bond donors (Lipinski definition) is 1. The number of ether oxygens (including phenoxy) is 1. The third-order valence-corrected chi connectivity index (χ3v) is 3.71. The van der Waals surface area contributed by atoms with E-state index in [1.165, 1.54) is 0 Å². The van der Waals surface area contributed by atoms with Crippen molar-refractivity contribution in [2.45, 2.75) is 45.2 Å². The minimum Gasteiger partial charge on any atom is -0.381 e. The predicted molar refractivity (Wildman–Crippen MR) is 64.0 cm³/mol. The van der Waals surface area contributed by atoms with Crippen molar-refractivity contribution in [1.82, 2.24) is 4.90 Å². The van der Waals surface area contributed by atoms with E-state index in [-0.39, 0.29) is 11.9 Å². The predicted octanol–water partition coefficient (Wildman–Crippen LogP) is 0.997. The van der Waals surface area contributed by atoms with E-state index in [0.717, 1.165) is 0 Å². The number of nitrogens with two attached hydrogens (primary N) is 1. The summed E-state index contributed by atoms with van der Waals surface area (Å²) in [5.41, 5.74) is 5.46. The van der Waals surface area contributed by atoms with Crippen LogP contribution in [0.15, 0.2) is 0 Å². The number of hydrogen-bond acceptors (Lipinski definition) is 3. The normalized spacial score (nSPS) is 21.9. The van der Waals surface area contributed by atoms with Gasteiger partial charge in [-0.05, 0) is 25.7 Å². The molecule has 1 fully saturated rings. The fraction of sp³-hybridized carbons (Fsp3) is 0.917. The summed E-state index contributed by atoms with van der Waals surface area (Å²) in [6.45, 7) is 7.47. The van der Waals surface area contributed by atoms with Gasteiger partial charge in [-0.3, -0.25) is 4.79 Å². The third kappa shape index (κ3) is 2.74. The molecule has 0 aromatic rings. The molecule has 4 heteroatoms. The molecule has 16 heavy (non-hydrogen) atoms. The average Bonchev–Trinajstić information content (AvgIpc) is 2.27. The summed E-state index contributed by atoms with van der Waals surface area (Å²) >= 11 is 0. The Bertz CT molecular complexity index is 247. The van der Waals surface area contributed by atoms with Crippen molar-refractivity contribution >= 4 is 5.91 Å². The van der Waals surface area contributed by atoms with Crippen molar-refractivity contribution in [3.8, 4) is 0 Å². The van der Waals surface area contributed by atoms with E-state index in [9.17, 15) is 4.79 Å². The van der Waals surface area contributed by atoms with Crippen molar-refractivity contribution in [2.75, 3.05) is 20.3 Å². The quantitative estimate of drug-likeness (QED) is 0.784. The monoisotopic (exact) mass is 228 g/mol. The van der Waals surface area contributed by atoms with Crippen LogP contribution in [0.5, 0.6) is 0 Å².